The number of carbonyl (C=O) groups excluding carboxylic acids is 1. The van der Waals surface area contributed by atoms with E-state index >= 15 is 0 Å². The summed E-state index contributed by atoms with van der Waals surface area (Å²) in [5.74, 6) is 0.571. The number of rotatable bonds is 7. The van der Waals surface area contributed by atoms with Gasteiger partial charge in [-0.2, -0.15) is 0 Å². The number of amidine groups is 1. The second-order valence-corrected chi connectivity index (χ2v) is 7.16. The molecule has 1 heterocycles. The third kappa shape index (κ3) is 4.86. The molecule has 1 unspecified atom stereocenters. The molecule has 26 heavy (non-hydrogen) atoms. The standard InChI is InChI=1S/C20H28ClN3O2/c1-13(2)26-20(25)18-14(3)23-15(4)24(11-7-10-22-5)19(18)16-8-6-9-17(21)12-16/h6,8-9,12-13,19,22H,7,10-11H2,1-5H3. The van der Waals surface area contributed by atoms with Crippen LogP contribution in [0.5, 0.6) is 0 Å². The van der Waals surface area contributed by atoms with E-state index in [1.165, 1.54) is 0 Å². The summed E-state index contributed by atoms with van der Waals surface area (Å²) in [6.45, 7) is 9.21. The highest BCUT2D eigenvalue weighted by molar-refractivity contribution is 6.30. The number of hydrogen-bond acceptors (Lipinski definition) is 5. The molecule has 0 saturated carbocycles. The number of nitrogens with one attached hydrogen (secondary N) is 1. The number of esters is 1. The van der Waals surface area contributed by atoms with Gasteiger partial charge in [-0.05, 0) is 65.4 Å². The Balaban J connectivity index is 2.49. The number of hydrogen-bond donors (Lipinski definition) is 1. The van der Waals surface area contributed by atoms with Crippen molar-refractivity contribution < 1.29 is 9.53 Å². The van der Waals surface area contributed by atoms with Crippen molar-refractivity contribution in [3.05, 3.63) is 46.1 Å². The molecule has 1 aliphatic rings. The van der Waals surface area contributed by atoms with Crippen molar-refractivity contribution >= 4 is 23.4 Å². The van der Waals surface area contributed by atoms with Crippen molar-refractivity contribution in [2.24, 2.45) is 4.99 Å². The summed E-state index contributed by atoms with van der Waals surface area (Å²) in [5, 5.41) is 3.81. The van der Waals surface area contributed by atoms with Crippen LogP contribution >= 0.6 is 11.6 Å². The fraction of sp³-hybridized carbons (Fsp3) is 0.500. The quantitative estimate of drug-likeness (QED) is 0.577. The van der Waals surface area contributed by atoms with E-state index in [9.17, 15) is 4.79 Å². The van der Waals surface area contributed by atoms with Gasteiger partial charge in [0.05, 0.1) is 23.4 Å². The molecule has 6 heteroatoms. The van der Waals surface area contributed by atoms with Gasteiger partial charge < -0.3 is 15.0 Å². The predicted molar refractivity (Wildman–Crippen MR) is 106 cm³/mol. The van der Waals surface area contributed by atoms with Gasteiger partial charge in [0.1, 0.15) is 5.84 Å². The summed E-state index contributed by atoms with van der Waals surface area (Å²) in [7, 11) is 1.93. The number of ether oxygens (including phenoxy) is 1. The maximum Gasteiger partial charge on any atom is 0.338 e. The number of nitrogens with zero attached hydrogens (tertiary/aromatic N) is 2. The van der Waals surface area contributed by atoms with Gasteiger partial charge >= 0.3 is 5.97 Å². The van der Waals surface area contributed by atoms with Gasteiger partial charge in [0.25, 0.3) is 0 Å². The molecule has 1 atom stereocenters. The van der Waals surface area contributed by atoms with E-state index in [0.29, 0.717) is 16.3 Å². The molecule has 1 aromatic rings. The molecule has 0 aromatic heterocycles. The number of benzene rings is 1. The summed E-state index contributed by atoms with van der Waals surface area (Å²) in [6.07, 6.45) is 0.749. The van der Waals surface area contributed by atoms with Crippen LogP contribution in [0, 0.1) is 0 Å². The van der Waals surface area contributed by atoms with Crippen LogP contribution in [0.3, 0.4) is 0 Å². The van der Waals surface area contributed by atoms with Crippen LogP contribution in [0.15, 0.2) is 40.5 Å². The van der Waals surface area contributed by atoms with Crippen LogP contribution in [0.1, 0.15) is 45.7 Å². The third-order valence-electron chi connectivity index (χ3n) is 4.27. The van der Waals surface area contributed by atoms with Crippen molar-refractivity contribution in [2.45, 2.75) is 46.3 Å². The van der Waals surface area contributed by atoms with E-state index in [4.69, 9.17) is 16.3 Å². The lowest BCUT2D eigenvalue weighted by molar-refractivity contribution is -0.143. The van der Waals surface area contributed by atoms with E-state index < -0.39 is 0 Å². The molecular formula is C20H28ClN3O2. The molecule has 0 aliphatic carbocycles. The fourth-order valence-corrected chi connectivity index (χ4v) is 3.38. The van der Waals surface area contributed by atoms with Crippen molar-refractivity contribution in [1.29, 1.82) is 0 Å². The molecule has 0 spiro atoms. The summed E-state index contributed by atoms with van der Waals surface area (Å²) in [4.78, 5) is 19.6. The van der Waals surface area contributed by atoms with Crippen LogP contribution < -0.4 is 5.32 Å². The third-order valence-corrected chi connectivity index (χ3v) is 4.51. The van der Waals surface area contributed by atoms with Gasteiger partial charge in [-0.15, -0.1) is 0 Å². The first-order valence-corrected chi connectivity index (χ1v) is 9.36. The van der Waals surface area contributed by atoms with Crippen LogP contribution in [0.4, 0.5) is 0 Å². The molecule has 5 nitrogen and oxygen atoms in total. The van der Waals surface area contributed by atoms with Gasteiger partial charge in [-0.3, -0.25) is 0 Å². The van der Waals surface area contributed by atoms with Crippen LogP contribution in [0.25, 0.3) is 0 Å². The summed E-state index contributed by atoms with van der Waals surface area (Å²) < 4.78 is 5.51. The van der Waals surface area contributed by atoms with Crippen LogP contribution in [0.2, 0.25) is 5.02 Å². The topological polar surface area (TPSA) is 53.9 Å². The van der Waals surface area contributed by atoms with Gasteiger partial charge in [-0.25, -0.2) is 9.79 Å². The van der Waals surface area contributed by atoms with Gasteiger partial charge in [-0.1, -0.05) is 23.7 Å². The normalized spacial score (nSPS) is 17.6. The zero-order valence-corrected chi connectivity index (χ0v) is 16.9. The monoisotopic (exact) mass is 377 g/mol. The molecule has 1 aliphatic heterocycles. The van der Waals surface area contributed by atoms with Crippen LogP contribution in [-0.2, 0) is 9.53 Å². The minimum Gasteiger partial charge on any atom is -0.459 e. The Morgan fingerprint density at radius 2 is 2.12 bits per heavy atom. The number of aliphatic imine (C=N–C) groups is 1. The summed E-state index contributed by atoms with van der Waals surface area (Å²) in [5.41, 5.74) is 2.24. The number of halogens is 1. The van der Waals surface area contributed by atoms with Crippen molar-refractivity contribution in [1.82, 2.24) is 10.2 Å². The second-order valence-electron chi connectivity index (χ2n) is 6.72. The molecular weight excluding hydrogens is 350 g/mol. The maximum atomic E-state index is 12.8. The second kappa shape index (κ2) is 9.19. The Kier molecular flexibility index (Phi) is 7.23. The Morgan fingerprint density at radius 1 is 1.38 bits per heavy atom. The van der Waals surface area contributed by atoms with E-state index in [1.54, 1.807) is 0 Å². The molecule has 0 radical (unpaired) electrons. The maximum absolute atomic E-state index is 12.8. The highest BCUT2D eigenvalue weighted by Crippen LogP contribution is 2.36. The first-order valence-electron chi connectivity index (χ1n) is 8.99. The van der Waals surface area contributed by atoms with Crippen molar-refractivity contribution in [3.63, 3.8) is 0 Å². The van der Waals surface area contributed by atoms with Gasteiger partial charge in [0.15, 0.2) is 0 Å². The highest BCUT2D eigenvalue weighted by atomic mass is 35.5. The molecule has 0 amide bonds. The SMILES string of the molecule is CNCCCN1C(C)=NC(C)=C(C(=O)OC(C)C)C1c1cccc(Cl)c1. The fourth-order valence-electron chi connectivity index (χ4n) is 3.18. The van der Waals surface area contributed by atoms with Crippen molar-refractivity contribution in [2.75, 3.05) is 20.1 Å². The summed E-state index contributed by atoms with van der Waals surface area (Å²) >= 11 is 6.23. The Bertz CT molecular complexity index is 713. The number of allylic oxidation sites excluding steroid dienone is 1. The molecule has 1 N–H and O–H groups in total. The Labute approximate surface area is 161 Å². The van der Waals surface area contributed by atoms with Crippen LogP contribution in [-0.4, -0.2) is 42.9 Å². The lowest BCUT2D eigenvalue weighted by atomic mass is 9.93. The molecule has 0 fully saturated rings. The van der Waals surface area contributed by atoms with E-state index in [2.05, 4.69) is 15.2 Å². The summed E-state index contributed by atoms with van der Waals surface area (Å²) in [6, 6.07) is 7.39. The lowest BCUT2D eigenvalue weighted by Gasteiger charge is -2.38. The zero-order chi connectivity index (χ0) is 19.3. The molecule has 0 saturated heterocycles. The predicted octanol–water partition coefficient (Wildman–Crippen LogP) is 3.95. The van der Waals surface area contributed by atoms with E-state index in [1.807, 2.05) is 59.0 Å². The number of carbonyl (C=O) groups is 1. The molecule has 0 bridgehead atoms. The largest absolute Gasteiger partial charge is 0.459 e. The first kappa shape index (κ1) is 20.5. The molecule has 1 aromatic carbocycles. The Morgan fingerprint density at radius 3 is 2.73 bits per heavy atom. The smallest absolute Gasteiger partial charge is 0.338 e. The average molecular weight is 378 g/mol. The average Bonchev–Trinajstić information content (AvgIpc) is 2.55. The van der Waals surface area contributed by atoms with Gasteiger partial charge in [0, 0.05) is 11.6 Å². The van der Waals surface area contributed by atoms with Gasteiger partial charge in [0.2, 0.25) is 0 Å². The molecule has 142 valence electrons. The highest BCUT2D eigenvalue weighted by Gasteiger charge is 2.35. The van der Waals surface area contributed by atoms with Crippen molar-refractivity contribution in [3.8, 4) is 0 Å². The Hall–Kier alpha value is -1.85. The molecule has 2 rings (SSSR count). The van der Waals surface area contributed by atoms with E-state index in [-0.39, 0.29) is 18.1 Å². The zero-order valence-electron chi connectivity index (χ0n) is 16.2. The minimum absolute atomic E-state index is 0.187. The van der Waals surface area contributed by atoms with E-state index in [0.717, 1.165) is 30.9 Å². The lowest BCUT2D eigenvalue weighted by Crippen LogP contribution is -2.41. The minimum atomic E-state index is -0.322. The first-order chi connectivity index (χ1) is 12.3.